The van der Waals surface area contributed by atoms with Gasteiger partial charge in [0, 0.05) is 0 Å². The first-order valence-corrected chi connectivity index (χ1v) is 3.80. The number of para-hydroxylation sites is 2. The highest BCUT2D eigenvalue weighted by atomic mass is 32.1. The van der Waals surface area contributed by atoms with Crippen molar-refractivity contribution in [1.82, 2.24) is 0 Å². The Kier molecular flexibility index (Phi) is 2.88. The Bertz CT molecular complexity index is 288. The molecule has 1 aromatic carbocycles. The van der Waals surface area contributed by atoms with Crippen LogP contribution in [0.1, 0.15) is 0 Å². The molecule has 1 aromatic rings. The fourth-order valence-corrected chi connectivity index (χ4v) is 0.787. The van der Waals surface area contributed by atoms with Crippen LogP contribution in [0.3, 0.4) is 0 Å². The number of ether oxygens (including phenoxy) is 1. The summed E-state index contributed by atoms with van der Waals surface area (Å²) < 4.78 is 5.08. The summed E-state index contributed by atoms with van der Waals surface area (Å²) in [5, 5.41) is 9.21. The molecule has 3 nitrogen and oxygen atoms in total. The van der Waals surface area contributed by atoms with Crippen molar-refractivity contribution in [3.8, 4) is 11.5 Å². The summed E-state index contributed by atoms with van der Waals surface area (Å²) in [4.78, 5) is 0.262. The number of rotatable bonds is 3. The van der Waals surface area contributed by atoms with Crippen molar-refractivity contribution in [3.05, 3.63) is 24.3 Å². The molecule has 0 saturated carbocycles. The van der Waals surface area contributed by atoms with E-state index in [9.17, 15) is 5.11 Å². The van der Waals surface area contributed by atoms with Crippen molar-refractivity contribution in [3.63, 3.8) is 0 Å². The summed E-state index contributed by atoms with van der Waals surface area (Å²) >= 11 is 4.61. The molecule has 0 aliphatic carbocycles. The quantitative estimate of drug-likeness (QED) is 0.688. The first kappa shape index (κ1) is 8.80. The van der Waals surface area contributed by atoms with Crippen LogP contribution in [-0.2, 0) is 0 Å². The second-order valence-corrected chi connectivity index (χ2v) is 2.75. The van der Waals surface area contributed by atoms with Crippen LogP contribution in [-0.4, -0.2) is 16.7 Å². The summed E-state index contributed by atoms with van der Waals surface area (Å²) in [5.41, 5.74) is 5.22. The number of thiocarbonyl (C=S) groups is 1. The van der Waals surface area contributed by atoms with Gasteiger partial charge < -0.3 is 15.6 Å². The van der Waals surface area contributed by atoms with Crippen molar-refractivity contribution in [1.29, 1.82) is 0 Å². The molecule has 0 radical (unpaired) electrons. The molecule has 0 aliphatic heterocycles. The van der Waals surface area contributed by atoms with E-state index in [4.69, 9.17) is 10.5 Å². The van der Waals surface area contributed by atoms with Gasteiger partial charge in [-0.05, 0) is 12.1 Å². The van der Waals surface area contributed by atoms with Crippen LogP contribution in [0.25, 0.3) is 0 Å². The number of phenols is 1. The van der Waals surface area contributed by atoms with E-state index < -0.39 is 0 Å². The normalized spacial score (nSPS) is 9.33. The summed E-state index contributed by atoms with van der Waals surface area (Å²) in [6.45, 7) is 0.146. The molecule has 0 saturated heterocycles. The minimum Gasteiger partial charge on any atom is -0.504 e. The van der Waals surface area contributed by atoms with Gasteiger partial charge in [-0.3, -0.25) is 0 Å². The number of phenolic OH excluding ortho intramolecular Hbond substituents is 1. The monoisotopic (exact) mass is 183 g/mol. The maximum absolute atomic E-state index is 9.21. The lowest BCUT2D eigenvalue weighted by molar-refractivity contribution is 0.347. The number of hydrogen-bond acceptors (Lipinski definition) is 3. The van der Waals surface area contributed by atoms with Crippen LogP contribution >= 0.6 is 12.2 Å². The largest absolute Gasteiger partial charge is 0.504 e. The minimum atomic E-state index is 0.0914. The molecule has 0 amide bonds. The average molecular weight is 183 g/mol. The molecule has 0 aromatic heterocycles. The van der Waals surface area contributed by atoms with Gasteiger partial charge in [-0.2, -0.15) is 0 Å². The lowest BCUT2D eigenvalue weighted by Gasteiger charge is -2.05. The van der Waals surface area contributed by atoms with E-state index in [1.165, 1.54) is 6.07 Å². The maximum Gasteiger partial charge on any atom is 0.161 e. The molecule has 0 unspecified atom stereocenters. The van der Waals surface area contributed by atoms with Gasteiger partial charge >= 0.3 is 0 Å². The van der Waals surface area contributed by atoms with Gasteiger partial charge in [0.05, 0.1) is 0 Å². The van der Waals surface area contributed by atoms with Crippen LogP contribution < -0.4 is 10.5 Å². The van der Waals surface area contributed by atoms with Crippen molar-refractivity contribution >= 4 is 17.2 Å². The lowest BCUT2D eigenvalue weighted by atomic mass is 10.3. The van der Waals surface area contributed by atoms with Crippen molar-refractivity contribution in [2.75, 3.05) is 6.61 Å². The van der Waals surface area contributed by atoms with Gasteiger partial charge in [-0.25, -0.2) is 0 Å². The summed E-state index contributed by atoms with van der Waals surface area (Å²) in [6, 6.07) is 6.65. The fourth-order valence-electron chi connectivity index (χ4n) is 0.728. The van der Waals surface area contributed by atoms with Crippen LogP contribution in [0.5, 0.6) is 11.5 Å². The molecule has 3 N–H and O–H groups in total. The molecule has 0 heterocycles. The number of hydrogen-bond donors (Lipinski definition) is 2. The molecule has 0 fully saturated rings. The zero-order valence-corrected chi connectivity index (χ0v) is 7.17. The average Bonchev–Trinajstić information content (AvgIpc) is 2.03. The van der Waals surface area contributed by atoms with Gasteiger partial charge in [-0.15, -0.1) is 0 Å². The van der Waals surface area contributed by atoms with E-state index in [2.05, 4.69) is 12.2 Å². The van der Waals surface area contributed by atoms with E-state index in [0.717, 1.165) is 0 Å². The fraction of sp³-hybridized carbons (Fsp3) is 0.125. The van der Waals surface area contributed by atoms with E-state index in [-0.39, 0.29) is 17.3 Å². The highest BCUT2D eigenvalue weighted by molar-refractivity contribution is 7.80. The third kappa shape index (κ3) is 2.39. The van der Waals surface area contributed by atoms with Crippen molar-refractivity contribution in [2.24, 2.45) is 5.73 Å². The van der Waals surface area contributed by atoms with E-state index in [0.29, 0.717) is 5.75 Å². The van der Waals surface area contributed by atoms with Crippen LogP contribution in [0.15, 0.2) is 24.3 Å². The van der Waals surface area contributed by atoms with Gasteiger partial charge in [-0.1, -0.05) is 24.4 Å². The number of nitrogens with two attached hydrogens (primary N) is 1. The highest BCUT2D eigenvalue weighted by Crippen LogP contribution is 2.23. The van der Waals surface area contributed by atoms with Gasteiger partial charge in [0.15, 0.2) is 11.5 Å². The Labute approximate surface area is 75.8 Å². The molecular weight excluding hydrogens is 174 g/mol. The number of aromatic hydroxyl groups is 1. The van der Waals surface area contributed by atoms with Crippen LogP contribution in [0, 0.1) is 0 Å². The molecule has 1 rings (SSSR count). The third-order valence-corrected chi connectivity index (χ3v) is 1.35. The SMILES string of the molecule is NC(=S)COc1ccccc1O. The molecule has 64 valence electrons. The lowest BCUT2D eigenvalue weighted by Crippen LogP contribution is -2.17. The van der Waals surface area contributed by atoms with Crippen molar-refractivity contribution < 1.29 is 9.84 Å². The maximum atomic E-state index is 9.21. The first-order valence-electron chi connectivity index (χ1n) is 3.39. The van der Waals surface area contributed by atoms with Gasteiger partial charge in [0.1, 0.15) is 11.6 Å². The number of benzene rings is 1. The van der Waals surface area contributed by atoms with Gasteiger partial charge in [0.25, 0.3) is 0 Å². The zero-order chi connectivity index (χ0) is 8.97. The van der Waals surface area contributed by atoms with Crippen LogP contribution in [0.4, 0.5) is 0 Å². The Morgan fingerprint density at radius 2 is 2.17 bits per heavy atom. The second kappa shape index (κ2) is 3.92. The first-order chi connectivity index (χ1) is 5.70. The summed E-state index contributed by atoms with van der Waals surface area (Å²) in [6.07, 6.45) is 0. The molecular formula is C8H9NO2S. The van der Waals surface area contributed by atoms with Crippen LogP contribution in [0.2, 0.25) is 0 Å². The van der Waals surface area contributed by atoms with E-state index >= 15 is 0 Å². The molecule has 12 heavy (non-hydrogen) atoms. The Morgan fingerprint density at radius 1 is 1.50 bits per heavy atom. The second-order valence-electron chi connectivity index (χ2n) is 2.22. The van der Waals surface area contributed by atoms with Crippen molar-refractivity contribution in [2.45, 2.75) is 0 Å². The summed E-state index contributed by atoms with van der Waals surface area (Å²) in [5.74, 6) is 0.485. The molecule has 0 atom stereocenters. The zero-order valence-electron chi connectivity index (χ0n) is 6.36. The smallest absolute Gasteiger partial charge is 0.161 e. The summed E-state index contributed by atoms with van der Waals surface area (Å²) in [7, 11) is 0. The topological polar surface area (TPSA) is 55.5 Å². The predicted octanol–water partition coefficient (Wildman–Crippen LogP) is 1.06. The van der Waals surface area contributed by atoms with Gasteiger partial charge in [0.2, 0.25) is 0 Å². The predicted molar refractivity (Wildman–Crippen MR) is 50.4 cm³/mol. The standard InChI is InChI=1S/C8H9NO2S/c9-8(12)5-11-7-4-2-1-3-6(7)10/h1-4,10H,5H2,(H2,9,12). The molecule has 4 heteroatoms. The molecule has 0 spiro atoms. The van der Waals surface area contributed by atoms with E-state index in [1.807, 2.05) is 0 Å². The minimum absolute atomic E-state index is 0.0914. The molecule has 0 aliphatic rings. The Morgan fingerprint density at radius 3 is 2.75 bits per heavy atom. The third-order valence-electron chi connectivity index (χ3n) is 1.24. The Balaban J connectivity index is 2.63. The van der Waals surface area contributed by atoms with E-state index in [1.54, 1.807) is 18.2 Å². The highest BCUT2D eigenvalue weighted by Gasteiger charge is 1.99. The Hall–Kier alpha value is -1.29. The molecule has 0 bridgehead atoms.